The summed E-state index contributed by atoms with van der Waals surface area (Å²) < 4.78 is 0. The molecule has 1 aromatic carbocycles. The van der Waals surface area contributed by atoms with Gasteiger partial charge in [-0.15, -0.1) is 0 Å². The molecule has 0 aliphatic carbocycles. The molecule has 26 heavy (non-hydrogen) atoms. The van der Waals surface area contributed by atoms with Gasteiger partial charge in [-0.25, -0.2) is 0 Å². The Kier molecular flexibility index (Phi) is 6.53. The molecule has 0 fully saturated rings. The quantitative estimate of drug-likeness (QED) is 0.168. The Bertz CT molecular complexity index is 733. The van der Waals surface area contributed by atoms with E-state index in [-0.39, 0.29) is 23.3 Å². The maximum absolute atomic E-state index is 12.5. The van der Waals surface area contributed by atoms with Crippen LogP contribution in [0.1, 0.15) is 19.8 Å². The van der Waals surface area contributed by atoms with Gasteiger partial charge in [0.1, 0.15) is 23.5 Å². The van der Waals surface area contributed by atoms with Gasteiger partial charge in [0.2, 0.25) is 0 Å². The summed E-state index contributed by atoms with van der Waals surface area (Å²) in [6.07, 6.45) is 0.775. The number of nitrogens with one attached hydrogen (secondary N) is 2. The summed E-state index contributed by atoms with van der Waals surface area (Å²) in [6.45, 7) is 2.52. The number of aromatic hydroxyl groups is 1. The van der Waals surface area contributed by atoms with E-state index in [0.717, 1.165) is 12.8 Å². The summed E-state index contributed by atoms with van der Waals surface area (Å²) in [5.74, 6) is -0.666. The highest BCUT2D eigenvalue weighted by atomic mass is 35.5. The van der Waals surface area contributed by atoms with Crippen molar-refractivity contribution in [2.75, 3.05) is 11.4 Å². The number of amides is 1. The highest BCUT2D eigenvalue weighted by Gasteiger charge is 2.36. The van der Waals surface area contributed by atoms with E-state index in [9.17, 15) is 9.90 Å². The summed E-state index contributed by atoms with van der Waals surface area (Å²) in [5.41, 5.74) is 11.2. The molecule has 2 unspecified atom stereocenters. The Morgan fingerprint density at radius 1 is 1.46 bits per heavy atom. The summed E-state index contributed by atoms with van der Waals surface area (Å²) >= 11 is 6.09. The second-order valence-corrected chi connectivity index (χ2v) is 6.05. The average Bonchev–Trinajstić information content (AvgIpc) is 2.60. The molecule has 2 rings (SSSR count). The first-order valence-electron chi connectivity index (χ1n) is 8.10. The molecule has 7 N–H and O–H groups in total. The third kappa shape index (κ3) is 4.50. The largest absolute Gasteiger partial charge is 0.508 e. The molecule has 1 heterocycles. The van der Waals surface area contributed by atoms with Gasteiger partial charge in [0.25, 0.3) is 5.91 Å². The van der Waals surface area contributed by atoms with Gasteiger partial charge in [-0.3, -0.25) is 25.5 Å². The Labute approximate surface area is 156 Å². The fourth-order valence-corrected chi connectivity index (χ4v) is 2.54. The fraction of sp³-hybridized carbons (Fsp3) is 0.375. The maximum Gasteiger partial charge on any atom is 0.275 e. The SMILES string of the molecule is CCCCN=C(N)NC(=O)C1=NC(Cl)C(=N)N(c2ccc(O)cc2)C1N. The van der Waals surface area contributed by atoms with E-state index in [1.54, 1.807) is 12.1 Å². The zero-order valence-corrected chi connectivity index (χ0v) is 15.1. The molecule has 0 aromatic heterocycles. The predicted molar refractivity (Wildman–Crippen MR) is 103 cm³/mol. The molecular formula is C16H22ClN7O2. The number of nitrogens with zero attached hydrogens (tertiary/aromatic N) is 3. The van der Waals surface area contributed by atoms with Crippen molar-refractivity contribution in [3.8, 4) is 5.75 Å². The summed E-state index contributed by atoms with van der Waals surface area (Å²) in [7, 11) is 0. The number of carbonyl (C=O) groups is 1. The van der Waals surface area contributed by atoms with Gasteiger partial charge in [0.05, 0.1) is 0 Å². The second-order valence-electron chi connectivity index (χ2n) is 5.64. The minimum Gasteiger partial charge on any atom is -0.508 e. The lowest BCUT2D eigenvalue weighted by Gasteiger charge is -2.36. The van der Waals surface area contributed by atoms with Crippen molar-refractivity contribution >= 4 is 40.7 Å². The van der Waals surface area contributed by atoms with Crippen LogP contribution in [0.3, 0.4) is 0 Å². The highest BCUT2D eigenvalue weighted by molar-refractivity contribution is 6.47. The minimum atomic E-state index is -1.08. The number of amidine groups is 1. The summed E-state index contributed by atoms with van der Waals surface area (Å²) in [6, 6.07) is 6.02. The minimum absolute atomic E-state index is 0.0266. The van der Waals surface area contributed by atoms with Gasteiger partial charge in [0.15, 0.2) is 11.5 Å². The molecular weight excluding hydrogens is 358 g/mol. The molecule has 0 saturated carbocycles. The number of hydrogen-bond acceptors (Lipinski definition) is 6. The molecule has 9 nitrogen and oxygen atoms in total. The molecule has 2 atom stereocenters. The molecule has 0 bridgehead atoms. The van der Waals surface area contributed by atoms with Crippen LogP contribution in [-0.4, -0.2) is 46.7 Å². The highest BCUT2D eigenvalue weighted by Crippen LogP contribution is 2.25. The van der Waals surface area contributed by atoms with E-state index >= 15 is 0 Å². The number of carbonyl (C=O) groups excluding carboxylic acids is 1. The molecule has 0 saturated heterocycles. The number of aliphatic imine (C=N–C) groups is 2. The Morgan fingerprint density at radius 2 is 2.12 bits per heavy atom. The van der Waals surface area contributed by atoms with E-state index < -0.39 is 17.6 Å². The van der Waals surface area contributed by atoms with Gasteiger partial charge < -0.3 is 21.5 Å². The number of alkyl halides is 1. The standard InChI is InChI=1S/C16H22ClN7O2/c1-2-3-8-21-16(20)23-15(26)11-13(18)24(14(19)12(17)22-11)9-4-6-10(25)7-5-9/h4-7,12-13,19,25H,2-3,8,18H2,1H3,(H3,20,21,23,26). The molecule has 1 amide bonds. The topological polar surface area (TPSA) is 153 Å². The zero-order chi connectivity index (χ0) is 19.3. The summed E-state index contributed by atoms with van der Waals surface area (Å²) in [4.78, 5) is 21.9. The number of guanidine groups is 1. The number of halogens is 1. The van der Waals surface area contributed by atoms with Crippen LogP contribution in [0.4, 0.5) is 5.69 Å². The smallest absolute Gasteiger partial charge is 0.275 e. The van der Waals surface area contributed by atoms with E-state index in [1.807, 2.05) is 6.92 Å². The van der Waals surface area contributed by atoms with Crippen LogP contribution in [0.2, 0.25) is 0 Å². The first kappa shape index (κ1) is 19.7. The number of hydrogen-bond donors (Lipinski definition) is 5. The van der Waals surface area contributed by atoms with Gasteiger partial charge in [-0.05, 0) is 30.7 Å². The number of rotatable bonds is 5. The van der Waals surface area contributed by atoms with Crippen LogP contribution >= 0.6 is 11.6 Å². The van der Waals surface area contributed by atoms with Crippen molar-refractivity contribution in [3.63, 3.8) is 0 Å². The Morgan fingerprint density at radius 3 is 2.73 bits per heavy atom. The van der Waals surface area contributed by atoms with Crippen LogP contribution in [-0.2, 0) is 4.79 Å². The van der Waals surface area contributed by atoms with Crippen LogP contribution in [0, 0.1) is 5.41 Å². The van der Waals surface area contributed by atoms with Crippen LogP contribution in [0.25, 0.3) is 0 Å². The number of unbranched alkanes of at least 4 members (excludes halogenated alkanes) is 1. The van der Waals surface area contributed by atoms with E-state index in [2.05, 4.69) is 15.3 Å². The Balaban J connectivity index is 2.21. The van der Waals surface area contributed by atoms with Crippen molar-refractivity contribution < 1.29 is 9.90 Å². The lowest BCUT2D eigenvalue weighted by Crippen LogP contribution is -2.61. The third-order valence-electron chi connectivity index (χ3n) is 3.69. The molecule has 1 aromatic rings. The Hall–Kier alpha value is -2.65. The van der Waals surface area contributed by atoms with E-state index in [0.29, 0.717) is 12.2 Å². The first-order valence-corrected chi connectivity index (χ1v) is 8.54. The average molecular weight is 380 g/mol. The van der Waals surface area contributed by atoms with E-state index in [4.69, 9.17) is 28.5 Å². The lowest BCUT2D eigenvalue weighted by atomic mass is 10.1. The third-order valence-corrected chi connectivity index (χ3v) is 4.00. The number of benzene rings is 1. The molecule has 10 heteroatoms. The van der Waals surface area contributed by atoms with Crippen LogP contribution < -0.4 is 21.7 Å². The van der Waals surface area contributed by atoms with Gasteiger partial charge in [0, 0.05) is 12.2 Å². The fourth-order valence-electron chi connectivity index (χ4n) is 2.33. The molecule has 1 aliphatic heterocycles. The first-order chi connectivity index (χ1) is 12.3. The summed E-state index contributed by atoms with van der Waals surface area (Å²) in [5, 5.41) is 20.0. The molecule has 1 aliphatic rings. The van der Waals surface area contributed by atoms with Gasteiger partial charge in [-0.2, -0.15) is 0 Å². The zero-order valence-electron chi connectivity index (χ0n) is 14.3. The molecule has 140 valence electrons. The number of nitrogens with two attached hydrogens (primary N) is 2. The van der Waals surface area contributed by atoms with Crippen LogP contribution in [0.5, 0.6) is 5.75 Å². The van der Waals surface area contributed by atoms with Crippen LogP contribution in [0.15, 0.2) is 34.3 Å². The van der Waals surface area contributed by atoms with Gasteiger partial charge >= 0.3 is 0 Å². The van der Waals surface area contributed by atoms with Crippen molar-refractivity contribution in [2.24, 2.45) is 21.5 Å². The van der Waals surface area contributed by atoms with Crippen molar-refractivity contribution in [1.82, 2.24) is 5.32 Å². The van der Waals surface area contributed by atoms with E-state index in [1.165, 1.54) is 17.0 Å². The second kappa shape index (κ2) is 8.63. The monoisotopic (exact) mass is 379 g/mol. The number of phenolic OH excluding ortho intramolecular Hbond substituents is 1. The molecule has 0 radical (unpaired) electrons. The lowest BCUT2D eigenvalue weighted by molar-refractivity contribution is -0.113. The molecule has 0 spiro atoms. The number of anilines is 1. The van der Waals surface area contributed by atoms with Crippen molar-refractivity contribution in [3.05, 3.63) is 24.3 Å². The van der Waals surface area contributed by atoms with Gasteiger partial charge in [-0.1, -0.05) is 24.9 Å². The predicted octanol–water partition coefficient (Wildman–Crippen LogP) is 0.711. The maximum atomic E-state index is 12.5. The normalized spacial score (nSPS) is 20.7. The van der Waals surface area contributed by atoms with Crippen molar-refractivity contribution in [1.29, 1.82) is 5.41 Å². The number of phenols is 1. The van der Waals surface area contributed by atoms with Crippen molar-refractivity contribution in [2.45, 2.75) is 31.4 Å².